The first-order chi connectivity index (χ1) is 17.1. The third-order valence-electron chi connectivity index (χ3n) is 9.20. The molecule has 0 bridgehead atoms. The summed E-state index contributed by atoms with van der Waals surface area (Å²) >= 11 is 0. The highest BCUT2D eigenvalue weighted by atomic mass is 16.5. The van der Waals surface area contributed by atoms with Crippen molar-refractivity contribution in [2.24, 2.45) is 11.8 Å². The van der Waals surface area contributed by atoms with Crippen molar-refractivity contribution in [1.29, 1.82) is 0 Å². The van der Waals surface area contributed by atoms with Crippen LogP contribution in [-0.2, 0) is 14.3 Å². The van der Waals surface area contributed by atoms with Crippen LogP contribution in [0.5, 0.6) is 0 Å². The summed E-state index contributed by atoms with van der Waals surface area (Å²) in [5, 5.41) is 14.1. The molecule has 6 N–H and O–H groups in total. The van der Waals surface area contributed by atoms with Crippen molar-refractivity contribution in [3.8, 4) is 0 Å². The van der Waals surface area contributed by atoms with Crippen LogP contribution in [0.25, 0.3) is 0 Å². The van der Waals surface area contributed by atoms with Gasteiger partial charge in [-0.25, -0.2) is 10.9 Å². The highest BCUT2D eigenvalue weighted by Crippen LogP contribution is 2.35. The van der Waals surface area contributed by atoms with Crippen molar-refractivity contribution in [1.82, 2.24) is 37.0 Å². The molecule has 0 aromatic heterocycles. The minimum absolute atomic E-state index is 0.100. The Morgan fingerprint density at radius 1 is 1.11 bits per heavy atom. The van der Waals surface area contributed by atoms with Gasteiger partial charge in [0, 0.05) is 56.9 Å². The normalized spacial score (nSPS) is 43.0. The molecule has 0 aromatic rings. The SMILES string of the molecule is COC1CCC2OCC[C@@H](NC(=O)C3CCCC(NCC4NNC(C5CCNCN5)N4C)C3)C2C1. The lowest BCUT2D eigenvalue weighted by atomic mass is 9.77. The number of carbonyl (C=O) groups excluding carboxylic acids is 1. The molecule has 1 amide bonds. The van der Waals surface area contributed by atoms with E-state index in [1.165, 1.54) is 0 Å². The van der Waals surface area contributed by atoms with Gasteiger partial charge < -0.3 is 25.4 Å². The van der Waals surface area contributed by atoms with Gasteiger partial charge in [-0.2, -0.15) is 0 Å². The van der Waals surface area contributed by atoms with Crippen molar-refractivity contribution in [2.75, 3.05) is 40.5 Å². The summed E-state index contributed by atoms with van der Waals surface area (Å²) in [7, 11) is 3.99. The molecule has 10 nitrogen and oxygen atoms in total. The predicted molar refractivity (Wildman–Crippen MR) is 134 cm³/mol. The molecule has 3 heterocycles. The summed E-state index contributed by atoms with van der Waals surface area (Å²) in [5.74, 6) is 0.725. The van der Waals surface area contributed by atoms with E-state index in [2.05, 4.69) is 44.1 Å². The molecule has 3 aliphatic heterocycles. The number of hydrogen-bond acceptors (Lipinski definition) is 9. The van der Waals surface area contributed by atoms with E-state index < -0.39 is 0 Å². The summed E-state index contributed by atoms with van der Waals surface area (Å²) < 4.78 is 11.7. The summed E-state index contributed by atoms with van der Waals surface area (Å²) in [6.07, 6.45) is 10.4. The Morgan fingerprint density at radius 2 is 2.03 bits per heavy atom. The molecule has 5 rings (SSSR count). The van der Waals surface area contributed by atoms with Crippen molar-refractivity contribution in [3.63, 3.8) is 0 Å². The Labute approximate surface area is 210 Å². The van der Waals surface area contributed by atoms with Gasteiger partial charge in [0.2, 0.25) is 5.91 Å². The fraction of sp³-hybridized carbons (Fsp3) is 0.960. The fourth-order valence-electron chi connectivity index (χ4n) is 6.99. The first-order valence-electron chi connectivity index (χ1n) is 14.0. The van der Waals surface area contributed by atoms with E-state index in [1.54, 1.807) is 7.11 Å². The van der Waals surface area contributed by atoms with Gasteiger partial charge in [0.05, 0.1) is 24.5 Å². The van der Waals surface area contributed by atoms with Crippen molar-refractivity contribution < 1.29 is 14.3 Å². The fourth-order valence-corrected chi connectivity index (χ4v) is 6.99. The Morgan fingerprint density at radius 3 is 2.86 bits per heavy atom. The van der Waals surface area contributed by atoms with Gasteiger partial charge >= 0.3 is 0 Å². The van der Waals surface area contributed by atoms with Gasteiger partial charge in [-0.05, 0) is 65.0 Å². The zero-order valence-corrected chi connectivity index (χ0v) is 21.6. The number of ether oxygens (including phenoxy) is 2. The van der Waals surface area contributed by atoms with Gasteiger partial charge in [-0.15, -0.1) is 0 Å². The second kappa shape index (κ2) is 12.1. The molecule has 200 valence electrons. The molecule has 5 fully saturated rings. The molecule has 3 saturated heterocycles. The third kappa shape index (κ3) is 6.18. The zero-order valence-electron chi connectivity index (χ0n) is 21.6. The second-order valence-electron chi connectivity index (χ2n) is 11.3. The van der Waals surface area contributed by atoms with Crippen LogP contribution in [0.2, 0.25) is 0 Å². The molecule has 0 aromatic carbocycles. The van der Waals surface area contributed by atoms with Crippen LogP contribution < -0.4 is 32.1 Å². The van der Waals surface area contributed by atoms with Gasteiger partial charge in [0.15, 0.2) is 0 Å². The van der Waals surface area contributed by atoms with E-state index in [4.69, 9.17) is 9.47 Å². The van der Waals surface area contributed by atoms with E-state index >= 15 is 0 Å². The summed E-state index contributed by atoms with van der Waals surface area (Å²) in [5.41, 5.74) is 6.95. The van der Waals surface area contributed by atoms with Crippen LogP contribution in [-0.4, -0.2) is 94.0 Å². The van der Waals surface area contributed by atoms with Crippen LogP contribution in [0, 0.1) is 11.8 Å². The van der Waals surface area contributed by atoms with Crippen LogP contribution in [0.15, 0.2) is 0 Å². The molecule has 8 unspecified atom stereocenters. The monoisotopic (exact) mass is 493 g/mol. The smallest absolute Gasteiger partial charge is 0.223 e. The maximum Gasteiger partial charge on any atom is 0.223 e. The average molecular weight is 494 g/mol. The largest absolute Gasteiger partial charge is 0.381 e. The van der Waals surface area contributed by atoms with Gasteiger partial charge in [-0.3, -0.25) is 15.0 Å². The topological polar surface area (TPSA) is 111 Å². The second-order valence-corrected chi connectivity index (χ2v) is 11.3. The number of fused-ring (bicyclic) bond motifs is 1. The molecule has 0 spiro atoms. The molecular formula is C25H47N7O3. The lowest BCUT2D eigenvalue weighted by molar-refractivity contribution is -0.132. The number of nitrogens with zero attached hydrogens (tertiary/aromatic N) is 1. The highest BCUT2D eigenvalue weighted by Gasteiger charge is 2.41. The van der Waals surface area contributed by atoms with Crippen molar-refractivity contribution in [2.45, 2.75) is 100 Å². The van der Waals surface area contributed by atoms with E-state index in [1.807, 2.05) is 0 Å². The Kier molecular flexibility index (Phi) is 8.94. The minimum atomic E-state index is 0.100. The minimum Gasteiger partial charge on any atom is -0.381 e. The lowest BCUT2D eigenvalue weighted by Gasteiger charge is -2.44. The molecule has 2 saturated carbocycles. The number of likely N-dealkylation sites (N-methyl/N-ethyl adjacent to an activating group) is 1. The van der Waals surface area contributed by atoms with Gasteiger partial charge in [0.25, 0.3) is 0 Å². The molecule has 5 aliphatic rings. The standard InChI is InChI=1S/C25H47N7O3/c1-32-23(30-31-24(32)21-8-10-26-15-28-21)14-27-17-5-3-4-16(12-17)25(33)29-20-9-11-35-22-7-6-18(34-2)13-19(20)22/h16-24,26-28,30-31H,3-15H2,1-2H3,(H,29,33)/t16?,17?,18?,19?,20-,21?,22?,23?,24?/m1/s1. The Balaban J connectivity index is 1.08. The maximum atomic E-state index is 13.3. The third-order valence-corrected chi connectivity index (χ3v) is 9.20. The number of rotatable bonds is 7. The van der Waals surface area contributed by atoms with Crippen LogP contribution in [0.4, 0.5) is 0 Å². The number of amides is 1. The maximum absolute atomic E-state index is 13.3. The molecular weight excluding hydrogens is 446 g/mol. The predicted octanol–water partition coefficient (Wildman–Crippen LogP) is -0.176. The Bertz CT molecular complexity index is 694. The van der Waals surface area contributed by atoms with Gasteiger partial charge in [0.1, 0.15) is 0 Å². The van der Waals surface area contributed by atoms with E-state index in [0.29, 0.717) is 24.1 Å². The first-order valence-corrected chi connectivity index (χ1v) is 14.0. The number of hydrogen-bond donors (Lipinski definition) is 6. The molecule has 35 heavy (non-hydrogen) atoms. The lowest BCUT2D eigenvalue weighted by Crippen LogP contribution is -2.58. The highest BCUT2D eigenvalue weighted by molar-refractivity contribution is 5.79. The van der Waals surface area contributed by atoms with Gasteiger partial charge in [-0.1, -0.05) is 6.42 Å². The average Bonchev–Trinajstić information content (AvgIpc) is 3.28. The number of carbonyl (C=O) groups is 1. The van der Waals surface area contributed by atoms with E-state index in [-0.39, 0.29) is 36.3 Å². The van der Waals surface area contributed by atoms with E-state index in [0.717, 1.165) is 84.2 Å². The van der Waals surface area contributed by atoms with Crippen molar-refractivity contribution >= 4 is 5.91 Å². The summed E-state index contributed by atoms with van der Waals surface area (Å²) in [6, 6.07) is 1.05. The molecule has 10 heteroatoms. The van der Waals surface area contributed by atoms with E-state index in [9.17, 15) is 4.79 Å². The Hall–Kier alpha value is -0.850. The van der Waals surface area contributed by atoms with Crippen LogP contribution >= 0.6 is 0 Å². The summed E-state index contributed by atoms with van der Waals surface area (Å²) in [6.45, 7) is 3.54. The molecule has 0 radical (unpaired) electrons. The number of hydrazine groups is 1. The first kappa shape index (κ1) is 25.8. The van der Waals surface area contributed by atoms with Crippen LogP contribution in [0.3, 0.4) is 0 Å². The van der Waals surface area contributed by atoms with Crippen molar-refractivity contribution in [3.05, 3.63) is 0 Å². The molecule has 2 aliphatic carbocycles. The van der Waals surface area contributed by atoms with Crippen LogP contribution in [0.1, 0.15) is 57.8 Å². The number of nitrogens with one attached hydrogen (secondary N) is 6. The summed E-state index contributed by atoms with van der Waals surface area (Å²) in [4.78, 5) is 15.7. The quantitative estimate of drug-likeness (QED) is 0.288. The zero-order chi connectivity index (χ0) is 24.2. The molecule has 9 atom stereocenters. The number of methoxy groups -OCH3 is 1.